The van der Waals surface area contributed by atoms with Crippen LogP contribution in [0.25, 0.3) is 0 Å². The van der Waals surface area contributed by atoms with E-state index in [1.807, 2.05) is 0 Å². The van der Waals surface area contributed by atoms with Crippen LogP contribution in [0.2, 0.25) is 0 Å². The van der Waals surface area contributed by atoms with E-state index >= 15 is 0 Å². The summed E-state index contributed by atoms with van der Waals surface area (Å²) >= 11 is 0. The highest BCUT2D eigenvalue weighted by atomic mass is 16.3. The van der Waals surface area contributed by atoms with Crippen molar-refractivity contribution in [3.8, 4) is 0 Å². The van der Waals surface area contributed by atoms with Gasteiger partial charge in [0.1, 0.15) is 5.82 Å². The zero-order valence-electron chi connectivity index (χ0n) is 7.36. The van der Waals surface area contributed by atoms with Crippen LogP contribution in [0.5, 0.6) is 0 Å². The molecule has 0 atom stereocenters. The predicted octanol–water partition coefficient (Wildman–Crippen LogP) is 0.933. The van der Waals surface area contributed by atoms with Crippen LogP contribution in [0.4, 0.5) is 0 Å². The first-order chi connectivity index (χ1) is 6.86. The average Bonchev–Trinajstić information content (AvgIpc) is 2.87. The molecule has 0 aliphatic heterocycles. The van der Waals surface area contributed by atoms with Gasteiger partial charge in [0.25, 0.3) is 5.91 Å². The van der Waals surface area contributed by atoms with Crippen LogP contribution in [-0.2, 0) is 6.54 Å². The largest absolute Gasteiger partial charge is 0.459 e. The van der Waals surface area contributed by atoms with Crippen molar-refractivity contribution in [2.24, 2.45) is 0 Å². The van der Waals surface area contributed by atoms with E-state index < -0.39 is 0 Å². The topological polar surface area (TPSA) is 70.9 Å². The minimum Gasteiger partial charge on any atom is -0.459 e. The average molecular weight is 191 g/mol. The minimum atomic E-state index is -0.244. The van der Waals surface area contributed by atoms with Crippen LogP contribution in [0.15, 0.2) is 35.2 Å². The number of amides is 1. The van der Waals surface area contributed by atoms with E-state index in [0.717, 1.165) is 0 Å². The Hall–Kier alpha value is -2.04. The molecule has 2 rings (SSSR count). The fourth-order valence-electron chi connectivity index (χ4n) is 1.05. The number of hydrogen-bond donors (Lipinski definition) is 2. The molecule has 1 amide bonds. The summed E-state index contributed by atoms with van der Waals surface area (Å²) in [6.45, 7) is 0.368. The number of rotatable bonds is 3. The van der Waals surface area contributed by atoms with Crippen molar-refractivity contribution in [3.05, 3.63) is 42.4 Å². The van der Waals surface area contributed by atoms with Gasteiger partial charge in [-0.3, -0.25) is 4.79 Å². The minimum absolute atomic E-state index is 0.244. The molecule has 0 aromatic carbocycles. The smallest absolute Gasteiger partial charge is 0.287 e. The summed E-state index contributed by atoms with van der Waals surface area (Å²) in [6, 6.07) is 3.28. The van der Waals surface area contributed by atoms with E-state index in [-0.39, 0.29) is 5.91 Å². The molecule has 5 heteroatoms. The Balaban J connectivity index is 1.90. The molecule has 0 saturated carbocycles. The maximum Gasteiger partial charge on any atom is 0.287 e. The normalized spacial score (nSPS) is 10.0. The highest BCUT2D eigenvalue weighted by molar-refractivity contribution is 5.91. The molecule has 0 unspecified atom stereocenters. The third kappa shape index (κ3) is 1.82. The van der Waals surface area contributed by atoms with Crippen molar-refractivity contribution >= 4 is 5.91 Å². The Kier molecular flexibility index (Phi) is 2.31. The van der Waals surface area contributed by atoms with Crippen molar-refractivity contribution in [2.75, 3.05) is 0 Å². The number of nitrogens with one attached hydrogen (secondary N) is 2. The highest BCUT2D eigenvalue weighted by Gasteiger charge is 2.07. The van der Waals surface area contributed by atoms with Crippen molar-refractivity contribution in [1.29, 1.82) is 0 Å². The molecule has 0 saturated heterocycles. The zero-order chi connectivity index (χ0) is 9.80. The molecule has 14 heavy (non-hydrogen) atoms. The number of carbonyl (C=O) groups excluding carboxylic acids is 1. The molecule has 2 aromatic heterocycles. The van der Waals surface area contributed by atoms with Crippen molar-refractivity contribution in [1.82, 2.24) is 15.3 Å². The van der Waals surface area contributed by atoms with Crippen LogP contribution in [-0.4, -0.2) is 15.9 Å². The Bertz CT molecular complexity index is 392. The maximum atomic E-state index is 11.4. The molecule has 0 fully saturated rings. The van der Waals surface area contributed by atoms with E-state index in [9.17, 15) is 4.79 Å². The van der Waals surface area contributed by atoms with E-state index in [2.05, 4.69) is 15.3 Å². The summed E-state index contributed by atoms with van der Waals surface area (Å²) in [5.74, 6) is 0.771. The van der Waals surface area contributed by atoms with Gasteiger partial charge in [-0.05, 0) is 12.1 Å². The molecule has 72 valence electrons. The molecule has 2 N–H and O–H groups in total. The number of aromatic nitrogens is 2. The summed E-state index contributed by atoms with van der Waals surface area (Å²) in [5.41, 5.74) is 0. The van der Waals surface area contributed by atoms with Crippen LogP contribution in [0.3, 0.4) is 0 Å². The van der Waals surface area contributed by atoms with Gasteiger partial charge in [-0.25, -0.2) is 4.98 Å². The van der Waals surface area contributed by atoms with Gasteiger partial charge in [-0.2, -0.15) is 0 Å². The lowest BCUT2D eigenvalue weighted by Crippen LogP contribution is -2.22. The molecule has 2 aromatic rings. The molecule has 5 nitrogen and oxygen atoms in total. The van der Waals surface area contributed by atoms with Crippen LogP contribution in [0.1, 0.15) is 16.4 Å². The van der Waals surface area contributed by atoms with Gasteiger partial charge < -0.3 is 14.7 Å². The van der Waals surface area contributed by atoms with Gasteiger partial charge in [0.2, 0.25) is 0 Å². The second-order valence-corrected chi connectivity index (χ2v) is 2.70. The lowest BCUT2D eigenvalue weighted by Gasteiger charge is -1.99. The number of hydrogen-bond acceptors (Lipinski definition) is 3. The Morgan fingerprint density at radius 3 is 3.21 bits per heavy atom. The van der Waals surface area contributed by atoms with Crippen LogP contribution < -0.4 is 5.32 Å². The Morgan fingerprint density at radius 2 is 2.57 bits per heavy atom. The summed E-state index contributed by atoms with van der Waals surface area (Å²) in [5, 5.41) is 2.66. The van der Waals surface area contributed by atoms with Crippen LogP contribution >= 0.6 is 0 Å². The molecular weight excluding hydrogens is 182 g/mol. The third-order valence-electron chi connectivity index (χ3n) is 1.72. The number of furan rings is 1. The molecular formula is C9H9N3O2. The number of nitrogens with zero attached hydrogens (tertiary/aromatic N) is 1. The molecule has 0 spiro atoms. The van der Waals surface area contributed by atoms with Crippen LogP contribution in [0, 0.1) is 0 Å². The van der Waals surface area contributed by atoms with Crippen molar-refractivity contribution in [2.45, 2.75) is 6.54 Å². The van der Waals surface area contributed by atoms with Crippen molar-refractivity contribution < 1.29 is 9.21 Å². The standard InChI is InChI=1S/C9H9N3O2/c13-9(7-2-1-5-14-7)12-6-8-10-3-4-11-8/h1-5H,6H2,(H,10,11)(H,12,13). The number of carbonyl (C=O) groups is 1. The fourth-order valence-corrected chi connectivity index (χ4v) is 1.05. The van der Waals surface area contributed by atoms with Gasteiger partial charge in [-0.1, -0.05) is 0 Å². The van der Waals surface area contributed by atoms with Gasteiger partial charge in [-0.15, -0.1) is 0 Å². The molecule has 0 aliphatic carbocycles. The Morgan fingerprint density at radius 1 is 1.64 bits per heavy atom. The first-order valence-electron chi connectivity index (χ1n) is 4.16. The second kappa shape index (κ2) is 3.78. The lowest BCUT2D eigenvalue weighted by molar-refractivity contribution is 0.0922. The second-order valence-electron chi connectivity index (χ2n) is 2.70. The maximum absolute atomic E-state index is 11.4. The number of aromatic amines is 1. The lowest BCUT2D eigenvalue weighted by atomic mass is 10.4. The summed E-state index contributed by atoms with van der Waals surface area (Å²) in [4.78, 5) is 18.2. The third-order valence-corrected chi connectivity index (χ3v) is 1.72. The van der Waals surface area contributed by atoms with E-state index in [1.165, 1.54) is 6.26 Å². The summed E-state index contributed by atoms with van der Waals surface area (Å²) in [6.07, 6.45) is 4.80. The van der Waals surface area contributed by atoms with Gasteiger partial charge >= 0.3 is 0 Å². The predicted molar refractivity (Wildman–Crippen MR) is 48.5 cm³/mol. The summed E-state index contributed by atoms with van der Waals surface area (Å²) < 4.78 is 4.92. The molecule has 0 bridgehead atoms. The number of H-pyrrole nitrogens is 1. The Labute approximate surface area is 80.2 Å². The quantitative estimate of drug-likeness (QED) is 0.758. The number of imidazole rings is 1. The SMILES string of the molecule is O=C(NCc1ncc[nH]1)c1ccco1. The highest BCUT2D eigenvalue weighted by Crippen LogP contribution is 1.99. The monoisotopic (exact) mass is 191 g/mol. The van der Waals surface area contributed by atoms with Gasteiger partial charge in [0.15, 0.2) is 5.76 Å². The first-order valence-corrected chi connectivity index (χ1v) is 4.16. The van der Waals surface area contributed by atoms with E-state index in [1.54, 1.807) is 24.5 Å². The van der Waals surface area contributed by atoms with Gasteiger partial charge in [0, 0.05) is 12.4 Å². The van der Waals surface area contributed by atoms with E-state index in [4.69, 9.17) is 4.42 Å². The molecule has 2 heterocycles. The summed E-state index contributed by atoms with van der Waals surface area (Å²) in [7, 11) is 0. The zero-order valence-corrected chi connectivity index (χ0v) is 7.36. The first kappa shape index (κ1) is 8.55. The fraction of sp³-hybridized carbons (Fsp3) is 0.111. The van der Waals surface area contributed by atoms with Gasteiger partial charge in [0.05, 0.1) is 12.8 Å². The molecule has 0 aliphatic rings. The van der Waals surface area contributed by atoms with Crippen molar-refractivity contribution in [3.63, 3.8) is 0 Å². The van der Waals surface area contributed by atoms with E-state index in [0.29, 0.717) is 18.1 Å². The molecule has 0 radical (unpaired) electrons.